The third-order valence-corrected chi connectivity index (χ3v) is 2.35. The van der Waals surface area contributed by atoms with E-state index in [0.717, 1.165) is 22.2 Å². The number of nitrogens with one attached hydrogen (secondary N) is 1. The van der Waals surface area contributed by atoms with Gasteiger partial charge in [0.05, 0.1) is 11.9 Å². The van der Waals surface area contributed by atoms with Crippen LogP contribution in [0.2, 0.25) is 0 Å². The number of rotatable bonds is 1. The van der Waals surface area contributed by atoms with Crippen molar-refractivity contribution in [2.45, 2.75) is 0 Å². The van der Waals surface area contributed by atoms with E-state index in [-0.39, 0.29) is 0 Å². The van der Waals surface area contributed by atoms with Crippen LogP contribution in [-0.4, -0.2) is 15.2 Å². The lowest BCUT2D eigenvalue weighted by Crippen LogP contribution is -1.83. The van der Waals surface area contributed by atoms with Gasteiger partial charge in [0, 0.05) is 22.7 Å². The molecule has 0 amide bonds. The zero-order chi connectivity index (χ0) is 10.1. The van der Waals surface area contributed by atoms with Crippen LogP contribution in [0, 0.1) is 6.20 Å². The Morgan fingerprint density at radius 1 is 1.07 bits per heavy atom. The Bertz CT molecular complexity index is 584. The molecule has 1 N–H and O–H groups in total. The van der Waals surface area contributed by atoms with E-state index in [1.165, 1.54) is 0 Å². The average molecular weight is 194 g/mol. The molecule has 2 heterocycles. The highest BCUT2D eigenvalue weighted by atomic mass is 15.1. The van der Waals surface area contributed by atoms with Crippen molar-refractivity contribution in [3.63, 3.8) is 0 Å². The van der Waals surface area contributed by atoms with Gasteiger partial charge >= 0.3 is 0 Å². The molecule has 3 rings (SSSR count). The van der Waals surface area contributed by atoms with Gasteiger partial charge in [0.1, 0.15) is 0 Å². The highest BCUT2D eigenvalue weighted by Gasteiger charge is 2.06. The molecule has 15 heavy (non-hydrogen) atoms. The molecule has 3 aromatic rings. The van der Waals surface area contributed by atoms with E-state index in [1.807, 2.05) is 36.4 Å². The fourth-order valence-corrected chi connectivity index (χ4v) is 1.64. The van der Waals surface area contributed by atoms with Gasteiger partial charge in [-0.2, -0.15) is 10.2 Å². The molecule has 0 saturated heterocycles. The normalized spacial score (nSPS) is 10.7. The van der Waals surface area contributed by atoms with Gasteiger partial charge in [-0.15, -0.1) is 0 Å². The van der Waals surface area contributed by atoms with Crippen molar-refractivity contribution in [3.8, 4) is 11.3 Å². The molecule has 3 heteroatoms. The summed E-state index contributed by atoms with van der Waals surface area (Å²) in [5.74, 6) is 0. The Morgan fingerprint density at radius 3 is 2.87 bits per heavy atom. The van der Waals surface area contributed by atoms with Crippen LogP contribution in [0.3, 0.4) is 0 Å². The first-order valence-electron chi connectivity index (χ1n) is 4.71. The fourth-order valence-electron chi connectivity index (χ4n) is 1.64. The predicted molar refractivity (Wildman–Crippen MR) is 58.2 cm³/mol. The molecule has 71 valence electrons. The van der Waals surface area contributed by atoms with Gasteiger partial charge in [0.2, 0.25) is 0 Å². The van der Waals surface area contributed by atoms with Gasteiger partial charge in [-0.25, -0.2) is 0 Å². The monoisotopic (exact) mass is 194 g/mol. The van der Waals surface area contributed by atoms with Crippen molar-refractivity contribution in [1.82, 2.24) is 15.2 Å². The van der Waals surface area contributed by atoms with Crippen LogP contribution in [-0.2, 0) is 0 Å². The van der Waals surface area contributed by atoms with Crippen molar-refractivity contribution >= 4 is 10.9 Å². The number of nitrogens with zero attached hydrogens (tertiary/aromatic N) is 2. The van der Waals surface area contributed by atoms with Crippen LogP contribution < -0.4 is 0 Å². The van der Waals surface area contributed by atoms with Crippen molar-refractivity contribution < 1.29 is 0 Å². The molecule has 1 radical (unpaired) electrons. The van der Waals surface area contributed by atoms with Crippen molar-refractivity contribution in [1.29, 1.82) is 0 Å². The summed E-state index contributed by atoms with van der Waals surface area (Å²) in [6.07, 6.45) is 4.77. The molecule has 1 aromatic carbocycles. The largest absolute Gasteiger partial charge is 0.353 e. The quantitative estimate of drug-likeness (QED) is 0.646. The molecular formula is C12H8N3. The van der Waals surface area contributed by atoms with Gasteiger partial charge in [0.15, 0.2) is 0 Å². The second-order valence-electron chi connectivity index (χ2n) is 3.28. The molecule has 0 aliphatic carbocycles. The zero-order valence-electron chi connectivity index (χ0n) is 7.94. The standard InChI is InChI=1S/C12H8N3/c1-2-5-11-9(4-1)10(8-13-11)12-6-3-7-14-15-12/h1-7,13H. The van der Waals surface area contributed by atoms with Gasteiger partial charge in [-0.3, -0.25) is 0 Å². The number of hydrogen-bond donors (Lipinski definition) is 1. The van der Waals surface area contributed by atoms with E-state index in [9.17, 15) is 0 Å². The topological polar surface area (TPSA) is 41.6 Å². The third-order valence-electron chi connectivity index (χ3n) is 2.35. The summed E-state index contributed by atoms with van der Waals surface area (Å²) in [4.78, 5) is 3.09. The maximum atomic E-state index is 4.07. The van der Waals surface area contributed by atoms with Crippen LogP contribution in [0.25, 0.3) is 22.2 Å². The summed E-state index contributed by atoms with van der Waals surface area (Å²) < 4.78 is 0. The number of aromatic amines is 1. The van der Waals surface area contributed by atoms with Gasteiger partial charge < -0.3 is 4.98 Å². The first kappa shape index (κ1) is 8.17. The van der Waals surface area contributed by atoms with E-state index in [2.05, 4.69) is 21.4 Å². The summed E-state index contributed by atoms with van der Waals surface area (Å²) in [5, 5.41) is 9.06. The van der Waals surface area contributed by atoms with Crippen LogP contribution in [0.15, 0.2) is 42.6 Å². The summed E-state index contributed by atoms with van der Waals surface area (Å²) >= 11 is 0. The second kappa shape index (κ2) is 3.20. The van der Waals surface area contributed by atoms with Gasteiger partial charge in [-0.05, 0) is 18.2 Å². The van der Waals surface area contributed by atoms with Crippen LogP contribution >= 0.6 is 0 Å². The molecule has 0 spiro atoms. The highest BCUT2D eigenvalue weighted by Crippen LogP contribution is 2.25. The average Bonchev–Trinajstić information content (AvgIpc) is 2.74. The number of benzene rings is 1. The predicted octanol–water partition coefficient (Wildman–Crippen LogP) is 2.43. The number of aromatic nitrogens is 3. The smallest absolute Gasteiger partial charge is 0.0958 e. The van der Waals surface area contributed by atoms with Gasteiger partial charge in [0.25, 0.3) is 0 Å². The summed E-state index contributed by atoms with van der Waals surface area (Å²) in [5.41, 5.74) is 2.88. The van der Waals surface area contributed by atoms with Gasteiger partial charge in [-0.1, -0.05) is 18.2 Å². The maximum absolute atomic E-state index is 4.07. The lowest BCUT2D eigenvalue weighted by Gasteiger charge is -1.95. The van der Waals surface area contributed by atoms with Crippen LogP contribution in [0.4, 0.5) is 0 Å². The maximum Gasteiger partial charge on any atom is 0.0958 e. The third kappa shape index (κ3) is 1.29. The van der Waals surface area contributed by atoms with Crippen LogP contribution in [0.5, 0.6) is 0 Å². The number of fused-ring (bicyclic) bond motifs is 1. The minimum absolute atomic E-state index is 0.843. The van der Waals surface area contributed by atoms with E-state index < -0.39 is 0 Å². The Kier molecular flexibility index (Phi) is 1.75. The van der Waals surface area contributed by atoms with Crippen molar-refractivity contribution in [3.05, 3.63) is 48.8 Å². The summed E-state index contributed by atoms with van der Waals surface area (Å²) in [6.45, 7) is 0. The Labute approximate surface area is 86.8 Å². The SMILES string of the molecule is [c]1[nH]c2ccccc2c1-c1cccnn1. The number of hydrogen-bond acceptors (Lipinski definition) is 2. The summed E-state index contributed by atoms with van der Waals surface area (Å²) in [6, 6.07) is 11.9. The molecule has 0 aliphatic rings. The molecule has 2 aromatic heterocycles. The number of H-pyrrole nitrogens is 1. The first-order valence-corrected chi connectivity index (χ1v) is 4.71. The highest BCUT2D eigenvalue weighted by molar-refractivity contribution is 5.93. The molecule has 0 fully saturated rings. The van der Waals surface area contributed by atoms with E-state index in [0.29, 0.717) is 0 Å². The second-order valence-corrected chi connectivity index (χ2v) is 3.28. The minimum atomic E-state index is 0.843. The molecule has 3 nitrogen and oxygen atoms in total. The molecule has 0 atom stereocenters. The first-order chi connectivity index (χ1) is 7.45. The van der Waals surface area contributed by atoms with E-state index in [4.69, 9.17) is 0 Å². The summed E-state index contributed by atoms with van der Waals surface area (Å²) in [7, 11) is 0. The molecule has 0 aliphatic heterocycles. The molecular weight excluding hydrogens is 186 g/mol. The fraction of sp³-hybridized carbons (Fsp3) is 0. The Hall–Kier alpha value is -2.16. The van der Waals surface area contributed by atoms with E-state index >= 15 is 0 Å². The lowest BCUT2D eigenvalue weighted by molar-refractivity contribution is 1.04. The molecule has 0 bridgehead atoms. The number of para-hydroxylation sites is 1. The Morgan fingerprint density at radius 2 is 2.00 bits per heavy atom. The van der Waals surface area contributed by atoms with E-state index in [1.54, 1.807) is 6.20 Å². The zero-order valence-corrected chi connectivity index (χ0v) is 7.94. The van der Waals surface area contributed by atoms with Crippen molar-refractivity contribution in [2.75, 3.05) is 0 Å². The molecule has 0 saturated carbocycles. The Balaban J connectivity index is 2.28. The minimum Gasteiger partial charge on any atom is -0.353 e. The van der Waals surface area contributed by atoms with Crippen LogP contribution in [0.1, 0.15) is 0 Å². The van der Waals surface area contributed by atoms with Crippen molar-refractivity contribution in [2.24, 2.45) is 0 Å². The lowest BCUT2D eigenvalue weighted by atomic mass is 10.1. The molecule has 0 unspecified atom stereocenters.